The number of esters is 2. The second-order valence-corrected chi connectivity index (χ2v) is 12.0. The maximum absolute atomic E-state index is 14.3. The maximum Gasteiger partial charge on any atom is 0.338 e. The fourth-order valence-corrected chi connectivity index (χ4v) is 7.48. The van der Waals surface area contributed by atoms with Crippen LogP contribution in [0.25, 0.3) is 0 Å². The Bertz CT molecular complexity index is 1280. The number of carbonyl (C=O) groups is 4. The first-order chi connectivity index (χ1) is 18.1. The molecule has 39 heavy (non-hydrogen) atoms. The van der Waals surface area contributed by atoms with Crippen LogP contribution in [-0.4, -0.2) is 81.0 Å². The number of Topliss-reactive ketones (excluding diaryl/α,β-unsaturated/α-hetero) is 2. The van der Waals surface area contributed by atoms with E-state index in [1.54, 1.807) is 32.0 Å². The maximum atomic E-state index is 14.3. The lowest BCUT2D eigenvalue weighted by atomic mass is 9.45. The standard InChI is InChI=1S/C29H34O10/c1-14-17(31)12-29(36)24(38-25(35)16-9-7-6-8-10-16)22-27(5,23(34)21(33)20(14)26(29,3)4)18(32)11-19-28(22,13-37-19)39-15(2)30/h6-10,18-19,21-22,24,32-33,36H,11-13H2,1-5H3/t18-,19+,21+,22?,24-,27+,28-,29+/m0/s1. The molecule has 10 heteroatoms. The zero-order valence-corrected chi connectivity index (χ0v) is 22.6. The van der Waals surface area contributed by atoms with E-state index in [1.165, 1.54) is 32.9 Å². The van der Waals surface area contributed by atoms with Gasteiger partial charge in [0.25, 0.3) is 0 Å². The van der Waals surface area contributed by atoms with Gasteiger partial charge in [0.2, 0.25) is 0 Å². The van der Waals surface area contributed by atoms with Crippen molar-refractivity contribution in [2.45, 2.75) is 83.1 Å². The van der Waals surface area contributed by atoms with Crippen LogP contribution < -0.4 is 0 Å². The predicted molar refractivity (Wildman–Crippen MR) is 134 cm³/mol. The lowest BCUT2D eigenvalue weighted by Crippen LogP contribution is -2.81. The minimum atomic E-state index is -2.17. The fourth-order valence-electron chi connectivity index (χ4n) is 7.48. The van der Waals surface area contributed by atoms with Crippen LogP contribution in [0.15, 0.2) is 41.5 Å². The lowest BCUT2D eigenvalue weighted by molar-refractivity contribution is -0.344. The van der Waals surface area contributed by atoms with Crippen LogP contribution in [0, 0.1) is 16.7 Å². The summed E-state index contributed by atoms with van der Waals surface area (Å²) in [5, 5.41) is 35.5. The van der Waals surface area contributed by atoms with Gasteiger partial charge in [-0.1, -0.05) is 32.0 Å². The molecule has 1 unspecified atom stereocenters. The molecule has 3 fully saturated rings. The van der Waals surface area contributed by atoms with Crippen molar-refractivity contribution < 1.29 is 48.7 Å². The number of hydrogen-bond donors (Lipinski definition) is 3. The van der Waals surface area contributed by atoms with Crippen LogP contribution in [0.2, 0.25) is 0 Å². The van der Waals surface area contributed by atoms with Crippen molar-refractivity contribution in [3.05, 3.63) is 47.0 Å². The zero-order valence-electron chi connectivity index (χ0n) is 22.6. The molecule has 10 nitrogen and oxygen atoms in total. The van der Waals surface area contributed by atoms with Crippen molar-refractivity contribution in [3.63, 3.8) is 0 Å². The molecular weight excluding hydrogens is 508 g/mol. The number of fused-ring (bicyclic) bond motifs is 5. The Balaban J connectivity index is 1.82. The number of rotatable bonds is 3. The first kappa shape index (κ1) is 27.6. The molecule has 0 amide bonds. The number of aliphatic hydroxyl groups excluding tert-OH is 2. The van der Waals surface area contributed by atoms with Crippen LogP contribution >= 0.6 is 0 Å². The Hall–Kier alpha value is -2.92. The first-order valence-electron chi connectivity index (χ1n) is 13.1. The van der Waals surface area contributed by atoms with Gasteiger partial charge in [-0.25, -0.2) is 4.79 Å². The largest absolute Gasteiger partial charge is 0.455 e. The highest BCUT2D eigenvalue weighted by molar-refractivity contribution is 6.02. The average Bonchev–Trinajstić information content (AvgIpc) is 2.87. The molecule has 2 saturated carbocycles. The minimum absolute atomic E-state index is 0.00686. The molecule has 0 spiro atoms. The third-order valence-corrected chi connectivity index (χ3v) is 9.77. The molecule has 3 aliphatic carbocycles. The third kappa shape index (κ3) is 3.54. The molecular formula is C29H34O10. The van der Waals surface area contributed by atoms with E-state index in [1.807, 2.05) is 0 Å². The van der Waals surface area contributed by atoms with E-state index in [9.17, 15) is 34.5 Å². The van der Waals surface area contributed by atoms with Crippen LogP contribution in [0.1, 0.15) is 57.8 Å². The van der Waals surface area contributed by atoms with Gasteiger partial charge in [-0.2, -0.15) is 0 Å². The van der Waals surface area contributed by atoms with Crippen molar-refractivity contribution in [2.24, 2.45) is 16.7 Å². The van der Waals surface area contributed by atoms with Gasteiger partial charge < -0.3 is 29.5 Å². The average molecular weight is 543 g/mol. The first-order valence-corrected chi connectivity index (χ1v) is 13.1. The van der Waals surface area contributed by atoms with Gasteiger partial charge in [-0.05, 0) is 37.1 Å². The summed E-state index contributed by atoms with van der Waals surface area (Å²) in [6.45, 7) is 7.05. The summed E-state index contributed by atoms with van der Waals surface area (Å²) >= 11 is 0. The van der Waals surface area contributed by atoms with Crippen molar-refractivity contribution in [1.82, 2.24) is 0 Å². The van der Waals surface area contributed by atoms with Gasteiger partial charge >= 0.3 is 11.9 Å². The number of allylic oxidation sites excluding steroid dienone is 1. The molecule has 1 saturated heterocycles. The second-order valence-electron chi connectivity index (χ2n) is 12.0. The molecule has 1 heterocycles. The van der Waals surface area contributed by atoms with Crippen molar-refractivity contribution >= 4 is 23.5 Å². The predicted octanol–water partition coefficient (Wildman–Crippen LogP) is 1.29. The van der Waals surface area contributed by atoms with Crippen molar-refractivity contribution in [3.8, 4) is 0 Å². The molecule has 8 atom stereocenters. The molecule has 1 aromatic carbocycles. The number of ether oxygens (including phenoxy) is 3. The zero-order chi connectivity index (χ0) is 28.7. The molecule has 5 rings (SSSR count). The smallest absolute Gasteiger partial charge is 0.338 e. The molecule has 2 bridgehead atoms. The number of hydrogen-bond acceptors (Lipinski definition) is 10. The van der Waals surface area contributed by atoms with Gasteiger partial charge in [0.1, 0.15) is 23.9 Å². The van der Waals surface area contributed by atoms with Gasteiger partial charge in [-0.15, -0.1) is 0 Å². The summed E-state index contributed by atoms with van der Waals surface area (Å²) in [6, 6.07) is 8.01. The summed E-state index contributed by atoms with van der Waals surface area (Å²) in [4.78, 5) is 53.5. The van der Waals surface area contributed by atoms with E-state index in [4.69, 9.17) is 14.2 Å². The van der Waals surface area contributed by atoms with E-state index in [0.717, 1.165) is 0 Å². The summed E-state index contributed by atoms with van der Waals surface area (Å²) < 4.78 is 17.6. The van der Waals surface area contributed by atoms with E-state index < -0.39 is 82.3 Å². The van der Waals surface area contributed by atoms with Crippen LogP contribution in [0.3, 0.4) is 0 Å². The Labute approximate surface area is 225 Å². The summed E-state index contributed by atoms with van der Waals surface area (Å²) in [6.07, 6.45) is -6.37. The SMILES string of the molecule is CC(=O)O[C@@]12CO[C@@H]1C[C@H](O)[C@@]1(C)C(=O)[C@H](O)C3=C(C)C(=O)C[C@@](O)([C@@H](OC(=O)c4ccccc4)C12)C3(C)C. The van der Waals surface area contributed by atoms with Crippen LogP contribution in [0.5, 0.6) is 0 Å². The molecule has 1 aromatic rings. The van der Waals surface area contributed by atoms with Gasteiger partial charge in [0.15, 0.2) is 17.2 Å². The molecule has 0 aromatic heterocycles. The molecule has 210 valence electrons. The van der Waals surface area contributed by atoms with Gasteiger partial charge in [0.05, 0.1) is 29.6 Å². The number of aliphatic hydroxyl groups is 3. The summed E-state index contributed by atoms with van der Waals surface area (Å²) in [5.41, 5.74) is -6.78. The fraction of sp³-hybridized carbons (Fsp3) is 0.586. The van der Waals surface area contributed by atoms with Crippen molar-refractivity contribution in [1.29, 1.82) is 0 Å². The topological polar surface area (TPSA) is 157 Å². The van der Waals surface area contributed by atoms with Crippen molar-refractivity contribution in [2.75, 3.05) is 6.61 Å². The highest BCUT2D eigenvalue weighted by Gasteiger charge is 2.77. The minimum Gasteiger partial charge on any atom is -0.455 e. The Morgan fingerprint density at radius 2 is 1.72 bits per heavy atom. The second kappa shape index (κ2) is 8.79. The lowest BCUT2D eigenvalue weighted by Gasteiger charge is -2.67. The summed E-state index contributed by atoms with van der Waals surface area (Å²) in [7, 11) is 0. The highest BCUT2D eigenvalue weighted by Crippen LogP contribution is 2.63. The monoisotopic (exact) mass is 542 g/mol. The van der Waals surface area contributed by atoms with Crippen LogP contribution in [-0.2, 0) is 28.6 Å². The van der Waals surface area contributed by atoms with E-state index in [2.05, 4.69) is 0 Å². The van der Waals surface area contributed by atoms with Gasteiger partial charge in [0, 0.05) is 25.2 Å². The Morgan fingerprint density at radius 3 is 2.28 bits per heavy atom. The Morgan fingerprint density at radius 1 is 1.08 bits per heavy atom. The number of ketones is 2. The quantitative estimate of drug-likeness (QED) is 0.476. The number of carbonyl (C=O) groups excluding carboxylic acids is 4. The van der Waals surface area contributed by atoms with Gasteiger partial charge in [-0.3, -0.25) is 14.4 Å². The van der Waals surface area contributed by atoms with Crippen LogP contribution in [0.4, 0.5) is 0 Å². The molecule has 3 N–H and O–H groups in total. The number of benzene rings is 1. The summed E-state index contributed by atoms with van der Waals surface area (Å²) in [5.74, 6) is -4.26. The molecule has 1 aliphatic heterocycles. The van der Waals surface area contributed by atoms with E-state index >= 15 is 0 Å². The highest BCUT2D eigenvalue weighted by atomic mass is 16.6. The molecule has 4 aliphatic rings. The third-order valence-electron chi connectivity index (χ3n) is 9.77. The Kier molecular flexibility index (Phi) is 6.23. The normalized spacial score (nSPS) is 40.9. The van der Waals surface area contributed by atoms with E-state index in [-0.39, 0.29) is 29.7 Å². The molecule has 0 radical (unpaired) electrons. The van der Waals surface area contributed by atoms with E-state index in [0.29, 0.717) is 0 Å².